The number of para-hydroxylation sites is 1. The van der Waals surface area contributed by atoms with Crippen LogP contribution in [0.3, 0.4) is 0 Å². The summed E-state index contributed by atoms with van der Waals surface area (Å²) in [7, 11) is 0. The zero-order valence-corrected chi connectivity index (χ0v) is 18.2. The van der Waals surface area contributed by atoms with Crippen molar-refractivity contribution in [2.24, 2.45) is 11.8 Å². The molecule has 158 valence electrons. The number of furan rings is 1. The Labute approximate surface area is 180 Å². The molecule has 1 aliphatic rings. The Hall–Kier alpha value is -2.54. The highest BCUT2D eigenvalue weighted by atomic mass is 32.2. The van der Waals surface area contributed by atoms with Crippen LogP contribution in [0.2, 0.25) is 0 Å². The number of nitrogens with zero attached hydrogens (tertiary/aromatic N) is 2. The smallest absolute Gasteiger partial charge is 0.262 e. The molecule has 7 heteroatoms. The van der Waals surface area contributed by atoms with Gasteiger partial charge in [-0.2, -0.15) is 0 Å². The molecule has 1 saturated carbocycles. The van der Waals surface area contributed by atoms with Gasteiger partial charge in [0.05, 0.1) is 29.5 Å². The van der Waals surface area contributed by atoms with E-state index in [1.54, 1.807) is 12.3 Å². The summed E-state index contributed by atoms with van der Waals surface area (Å²) in [6, 6.07) is 11.2. The number of hydrogen-bond acceptors (Lipinski definition) is 5. The van der Waals surface area contributed by atoms with Crippen molar-refractivity contribution in [2.45, 2.75) is 50.9 Å². The molecular formula is C23H27N3O3S. The highest BCUT2D eigenvalue weighted by Gasteiger charge is 2.31. The van der Waals surface area contributed by atoms with Crippen molar-refractivity contribution in [3.05, 3.63) is 58.8 Å². The lowest BCUT2D eigenvalue weighted by molar-refractivity contribution is -0.118. The molecule has 0 bridgehead atoms. The summed E-state index contributed by atoms with van der Waals surface area (Å²) in [5.41, 5.74) is 0.666. The molecule has 3 atom stereocenters. The SMILES string of the molecule is C[C@@H]1[C@H](C)CCC[C@H]1n1c(SCC(=O)NCc2ccco2)nc2ccccc2c1=O. The highest BCUT2D eigenvalue weighted by molar-refractivity contribution is 7.99. The van der Waals surface area contributed by atoms with Gasteiger partial charge in [0.25, 0.3) is 5.56 Å². The highest BCUT2D eigenvalue weighted by Crippen LogP contribution is 2.38. The molecule has 0 saturated heterocycles. The Morgan fingerprint density at radius 3 is 2.87 bits per heavy atom. The molecule has 0 spiro atoms. The maximum Gasteiger partial charge on any atom is 0.262 e. The average Bonchev–Trinajstić information content (AvgIpc) is 3.27. The molecule has 1 N–H and O–H groups in total. The molecule has 4 rings (SSSR count). The second-order valence-corrected chi connectivity index (χ2v) is 9.01. The second-order valence-electron chi connectivity index (χ2n) is 8.07. The van der Waals surface area contributed by atoms with Gasteiger partial charge in [-0.05, 0) is 42.5 Å². The van der Waals surface area contributed by atoms with Gasteiger partial charge in [0.1, 0.15) is 5.76 Å². The second kappa shape index (κ2) is 9.08. The van der Waals surface area contributed by atoms with Gasteiger partial charge in [0, 0.05) is 6.04 Å². The number of carbonyl (C=O) groups is 1. The van der Waals surface area contributed by atoms with Crippen molar-refractivity contribution >= 4 is 28.6 Å². The van der Waals surface area contributed by atoms with E-state index in [1.807, 2.05) is 34.9 Å². The number of nitrogens with one attached hydrogen (secondary N) is 1. The Morgan fingerprint density at radius 1 is 1.23 bits per heavy atom. The molecule has 3 aromatic rings. The minimum absolute atomic E-state index is 0.00922. The number of rotatable bonds is 6. The zero-order chi connectivity index (χ0) is 21.1. The number of thioether (sulfide) groups is 1. The standard InChI is InChI=1S/C23H27N3O3S/c1-15-7-5-11-20(16(15)2)26-22(28)18-9-3-4-10-19(18)25-23(26)30-14-21(27)24-13-17-8-6-12-29-17/h3-4,6,8-10,12,15-16,20H,5,7,11,13-14H2,1-2H3,(H,24,27)/t15-,16-,20-/m1/s1. The van der Waals surface area contributed by atoms with Gasteiger partial charge in [-0.25, -0.2) is 4.98 Å². The van der Waals surface area contributed by atoms with Crippen molar-refractivity contribution in [1.82, 2.24) is 14.9 Å². The molecule has 0 radical (unpaired) electrons. The topological polar surface area (TPSA) is 77.1 Å². The van der Waals surface area contributed by atoms with Gasteiger partial charge < -0.3 is 9.73 Å². The minimum Gasteiger partial charge on any atom is -0.467 e. The molecule has 1 aromatic carbocycles. The Balaban J connectivity index is 1.60. The van der Waals surface area contributed by atoms with E-state index in [2.05, 4.69) is 19.2 Å². The third-order valence-electron chi connectivity index (χ3n) is 6.14. The van der Waals surface area contributed by atoms with Crippen LogP contribution in [0.4, 0.5) is 0 Å². The molecule has 2 heterocycles. The van der Waals surface area contributed by atoms with Crippen molar-refractivity contribution in [1.29, 1.82) is 0 Å². The third-order valence-corrected chi connectivity index (χ3v) is 7.10. The summed E-state index contributed by atoms with van der Waals surface area (Å²) in [5.74, 6) is 1.72. The van der Waals surface area contributed by atoms with Crippen molar-refractivity contribution < 1.29 is 9.21 Å². The molecule has 1 aliphatic carbocycles. The largest absolute Gasteiger partial charge is 0.467 e. The monoisotopic (exact) mass is 425 g/mol. The van der Waals surface area contributed by atoms with Gasteiger partial charge >= 0.3 is 0 Å². The summed E-state index contributed by atoms with van der Waals surface area (Å²) in [4.78, 5) is 30.6. The Morgan fingerprint density at radius 2 is 2.07 bits per heavy atom. The minimum atomic E-state index is -0.115. The first-order chi connectivity index (χ1) is 14.5. The van der Waals surface area contributed by atoms with Crippen molar-refractivity contribution in [3.63, 3.8) is 0 Å². The summed E-state index contributed by atoms with van der Waals surface area (Å²) < 4.78 is 7.11. The predicted molar refractivity (Wildman–Crippen MR) is 118 cm³/mol. The lowest BCUT2D eigenvalue weighted by atomic mass is 9.78. The van der Waals surface area contributed by atoms with Crippen LogP contribution in [0.15, 0.2) is 57.0 Å². The molecule has 1 amide bonds. The van der Waals surface area contributed by atoms with E-state index in [9.17, 15) is 9.59 Å². The van der Waals surface area contributed by atoms with Crippen LogP contribution in [0.25, 0.3) is 10.9 Å². The summed E-state index contributed by atoms with van der Waals surface area (Å²) in [6.45, 7) is 4.83. The van der Waals surface area contributed by atoms with Crippen LogP contribution in [-0.4, -0.2) is 21.2 Å². The Kier molecular flexibility index (Phi) is 6.27. The lowest BCUT2D eigenvalue weighted by Crippen LogP contribution is -2.35. The molecule has 2 aromatic heterocycles. The van der Waals surface area contributed by atoms with Crippen molar-refractivity contribution in [2.75, 3.05) is 5.75 Å². The van der Waals surface area contributed by atoms with E-state index in [-0.39, 0.29) is 23.3 Å². The fourth-order valence-electron chi connectivity index (χ4n) is 4.22. The van der Waals surface area contributed by atoms with Crippen molar-refractivity contribution in [3.8, 4) is 0 Å². The molecular weight excluding hydrogens is 398 g/mol. The number of amides is 1. The van der Waals surface area contributed by atoms with Gasteiger partial charge in [-0.1, -0.05) is 50.6 Å². The summed E-state index contributed by atoms with van der Waals surface area (Å²) >= 11 is 1.33. The van der Waals surface area contributed by atoms with E-state index < -0.39 is 0 Å². The first-order valence-electron chi connectivity index (χ1n) is 10.5. The van der Waals surface area contributed by atoms with E-state index in [0.29, 0.717) is 40.2 Å². The molecule has 0 unspecified atom stereocenters. The maximum absolute atomic E-state index is 13.4. The van der Waals surface area contributed by atoms with Crippen LogP contribution < -0.4 is 10.9 Å². The molecule has 1 fully saturated rings. The zero-order valence-electron chi connectivity index (χ0n) is 17.3. The molecule has 6 nitrogen and oxygen atoms in total. The van der Waals surface area contributed by atoms with Crippen LogP contribution >= 0.6 is 11.8 Å². The van der Waals surface area contributed by atoms with Crippen LogP contribution in [0.5, 0.6) is 0 Å². The number of carbonyl (C=O) groups excluding carboxylic acids is 1. The first-order valence-corrected chi connectivity index (χ1v) is 11.5. The van der Waals surface area contributed by atoms with Crippen LogP contribution in [-0.2, 0) is 11.3 Å². The number of hydrogen-bond donors (Lipinski definition) is 1. The van der Waals surface area contributed by atoms with Gasteiger partial charge in [-0.15, -0.1) is 0 Å². The molecule has 0 aliphatic heterocycles. The number of aromatic nitrogens is 2. The predicted octanol–water partition coefficient (Wildman–Crippen LogP) is 4.40. The molecule has 30 heavy (non-hydrogen) atoms. The third kappa shape index (κ3) is 4.31. The lowest BCUT2D eigenvalue weighted by Gasteiger charge is -2.36. The average molecular weight is 426 g/mol. The number of fused-ring (bicyclic) bond motifs is 1. The Bertz CT molecular complexity index is 1080. The number of benzene rings is 1. The maximum atomic E-state index is 13.4. The van der Waals surface area contributed by atoms with E-state index >= 15 is 0 Å². The van der Waals surface area contributed by atoms with Crippen LogP contribution in [0.1, 0.15) is 44.9 Å². The normalized spacial score (nSPS) is 21.6. The van der Waals surface area contributed by atoms with E-state index in [0.717, 1.165) is 12.8 Å². The summed E-state index contributed by atoms with van der Waals surface area (Å²) in [6.07, 6.45) is 4.83. The summed E-state index contributed by atoms with van der Waals surface area (Å²) in [5, 5.41) is 4.11. The van der Waals surface area contributed by atoms with Gasteiger partial charge in [-0.3, -0.25) is 14.2 Å². The van der Waals surface area contributed by atoms with E-state index in [4.69, 9.17) is 9.40 Å². The fraction of sp³-hybridized carbons (Fsp3) is 0.435. The first kappa shape index (κ1) is 20.7. The van der Waals surface area contributed by atoms with Gasteiger partial charge in [0.15, 0.2) is 5.16 Å². The fourth-order valence-corrected chi connectivity index (χ4v) is 5.10. The van der Waals surface area contributed by atoms with E-state index in [1.165, 1.54) is 18.2 Å². The van der Waals surface area contributed by atoms with Crippen LogP contribution in [0, 0.1) is 11.8 Å². The van der Waals surface area contributed by atoms with Gasteiger partial charge in [0.2, 0.25) is 5.91 Å². The quantitative estimate of drug-likeness (QED) is 0.468.